The first kappa shape index (κ1) is 17.2. The number of halogens is 1. The average molecular weight is 359 g/mol. The molecule has 7 heteroatoms. The molecule has 3 rings (SSSR count). The molecule has 1 aliphatic rings. The van der Waals surface area contributed by atoms with E-state index in [-0.39, 0.29) is 17.9 Å². The molecule has 1 amide bonds. The van der Waals surface area contributed by atoms with E-state index in [4.69, 9.17) is 4.74 Å². The van der Waals surface area contributed by atoms with E-state index in [0.717, 1.165) is 17.0 Å². The number of amides is 1. The van der Waals surface area contributed by atoms with Gasteiger partial charge >= 0.3 is 5.97 Å². The van der Waals surface area contributed by atoms with Crippen molar-refractivity contribution in [1.29, 1.82) is 0 Å². The van der Waals surface area contributed by atoms with Crippen molar-refractivity contribution < 1.29 is 23.5 Å². The number of ether oxygens (including phenoxy) is 1. The lowest BCUT2D eigenvalue weighted by molar-refractivity contribution is -0.143. The first-order chi connectivity index (χ1) is 12.0. The third kappa shape index (κ3) is 4.24. The van der Waals surface area contributed by atoms with Gasteiger partial charge in [0.2, 0.25) is 5.91 Å². The van der Waals surface area contributed by atoms with Gasteiger partial charge in [0, 0.05) is 10.5 Å². The van der Waals surface area contributed by atoms with Gasteiger partial charge in [0.05, 0.1) is 17.4 Å². The van der Waals surface area contributed by atoms with Crippen LogP contribution in [0.3, 0.4) is 0 Å². The number of anilines is 1. The Bertz CT molecular complexity index is 822. The highest BCUT2D eigenvalue weighted by Gasteiger charge is 2.29. The highest BCUT2D eigenvalue weighted by molar-refractivity contribution is 8.01. The van der Waals surface area contributed by atoms with E-state index in [1.165, 1.54) is 23.9 Å². The molecular weight excluding hydrogens is 345 g/mol. The van der Waals surface area contributed by atoms with Crippen LogP contribution in [0, 0.1) is 5.82 Å². The zero-order valence-electron chi connectivity index (χ0n) is 13.0. The number of carbonyl (C=O) groups is 3. The van der Waals surface area contributed by atoms with E-state index >= 15 is 0 Å². The molecule has 0 unspecified atom stereocenters. The molecule has 0 bridgehead atoms. The van der Waals surface area contributed by atoms with Gasteiger partial charge in [-0.1, -0.05) is 12.1 Å². The largest absolute Gasteiger partial charge is 0.457 e. The number of hydrogen-bond acceptors (Lipinski definition) is 5. The molecule has 1 heterocycles. The molecule has 0 saturated heterocycles. The van der Waals surface area contributed by atoms with Crippen molar-refractivity contribution >= 4 is 35.1 Å². The van der Waals surface area contributed by atoms with E-state index < -0.39 is 29.4 Å². The van der Waals surface area contributed by atoms with Gasteiger partial charge in [0.25, 0.3) is 0 Å². The molecule has 25 heavy (non-hydrogen) atoms. The third-order valence-electron chi connectivity index (χ3n) is 3.59. The monoisotopic (exact) mass is 359 g/mol. The number of rotatable bonds is 5. The minimum Gasteiger partial charge on any atom is -0.457 e. The molecule has 0 aliphatic carbocycles. The van der Waals surface area contributed by atoms with Gasteiger partial charge in [-0.3, -0.25) is 14.4 Å². The number of esters is 1. The molecule has 1 N–H and O–H groups in total. The molecule has 2 aromatic carbocycles. The number of benzene rings is 2. The van der Waals surface area contributed by atoms with Crippen molar-refractivity contribution in [3.63, 3.8) is 0 Å². The van der Waals surface area contributed by atoms with Gasteiger partial charge in [0.1, 0.15) is 5.82 Å². The molecule has 1 atom stereocenters. The van der Waals surface area contributed by atoms with Gasteiger partial charge in [-0.05, 0) is 36.4 Å². The Hall–Kier alpha value is -2.67. The van der Waals surface area contributed by atoms with Crippen molar-refractivity contribution in [2.45, 2.75) is 16.6 Å². The van der Waals surface area contributed by atoms with Gasteiger partial charge in [-0.25, -0.2) is 4.39 Å². The van der Waals surface area contributed by atoms with Crippen LogP contribution in [-0.4, -0.2) is 29.5 Å². The van der Waals surface area contributed by atoms with Gasteiger partial charge < -0.3 is 10.1 Å². The fourth-order valence-corrected chi connectivity index (χ4v) is 3.40. The van der Waals surface area contributed by atoms with E-state index in [2.05, 4.69) is 5.32 Å². The summed E-state index contributed by atoms with van der Waals surface area (Å²) in [5, 5.41) is 2.13. The molecule has 0 radical (unpaired) electrons. The van der Waals surface area contributed by atoms with Gasteiger partial charge in [0.15, 0.2) is 12.4 Å². The summed E-state index contributed by atoms with van der Waals surface area (Å²) >= 11 is 1.29. The second-order valence-electron chi connectivity index (χ2n) is 5.39. The summed E-state index contributed by atoms with van der Waals surface area (Å²) in [5.74, 6) is -1.79. The number of hydrogen-bond donors (Lipinski definition) is 1. The molecule has 5 nitrogen and oxygen atoms in total. The zero-order chi connectivity index (χ0) is 17.8. The average Bonchev–Trinajstić information content (AvgIpc) is 2.61. The number of carbonyl (C=O) groups excluding carboxylic acids is 3. The molecule has 2 aromatic rings. The Balaban J connectivity index is 1.53. The number of ketones is 1. The van der Waals surface area contributed by atoms with Crippen LogP contribution in [0.15, 0.2) is 53.4 Å². The van der Waals surface area contributed by atoms with E-state index in [9.17, 15) is 18.8 Å². The summed E-state index contributed by atoms with van der Waals surface area (Å²) in [6.07, 6.45) is -0.137. The minimum absolute atomic E-state index is 0.137. The SMILES string of the molecule is O=C(C[C@H]1Sc2ccccc2NC1=O)OCC(=O)c1ccc(F)cc1. The predicted molar refractivity (Wildman–Crippen MR) is 91.0 cm³/mol. The summed E-state index contributed by atoms with van der Waals surface area (Å²) in [6, 6.07) is 12.3. The Morgan fingerprint density at radius 2 is 1.84 bits per heavy atom. The van der Waals surface area contributed by atoms with Gasteiger partial charge in [-0.2, -0.15) is 0 Å². The van der Waals surface area contributed by atoms with Crippen LogP contribution >= 0.6 is 11.8 Å². The Morgan fingerprint density at radius 3 is 2.60 bits per heavy atom. The number of para-hydroxylation sites is 1. The van der Waals surface area contributed by atoms with Crippen LogP contribution in [0.2, 0.25) is 0 Å². The zero-order valence-corrected chi connectivity index (χ0v) is 13.8. The second-order valence-corrected chi connectivity index (χ2v) is 6.63. The predicted octanol–water partition coefficient (Wildman–Crippen LogP) is 3.05. The van der Waals surface area contributed by atoms with Crippen LogP contribution in [0.5, 0.6) is 0 Å². The number of thioether (sulfide) groups is 1. The maximum absolute atomic E-state index is 12.8. The van der Waals surface area contributed by atoms with Crippen LogP contribution in [0.4, 0.5) is 10.1 Å². The summed E-state index contributed by atoms with van der Waals surface area (Å²) in [7, 11) is 0. The number of nitrogens with one attached hydrogen (secondary N) is 1. The highest BCUT2D eigenvalue weighted by Crippen LogP contribution is 2.36. The first-order valence-corrected chi connectivity index (χ1v) is 8.42. The van der Waals surface area contributed by atoms with Crippen LogP contribution in [0.25, 0.3) is 0 Å². The summed E-state index contributed by atoms with van der Waals surface area (Å²) < 4.78 is 17.8. The molecule has 128 valence electrons. The minimum atomic E-state index is -0.637. The van der Waals surface area contributed by atoms with E-state index in [1.807, 2.05) is 18.2 Å². The normalized spacial score (nSPS) is 15.9. The summed E-state index contributed by atoms with van der Waals surface area (Å²) in [5.41, 5.74) is 0.974. The topological polar surface area (TPSA) is 72.5 Å². The molecular formula is C18H14FNO4S. The van der Waals surface area contributed by atoms with Crippen molar-refractivity contribution in [1.82, 2.24) is 0 Å². The first-order valence-electron chi connectivity index (χ1n) is 7.54. The van der Waals surface area contributed by atoms with Gasteiger partial charge in [-0.15, -0.1) is 11.8 Å². The molecule has 0 saturated carbocycles. The van der Waals surface area contributed by atoms with Crippen molar-refractivity contribution in [3.05, 3.63) is 59.9 Å². The Morgan fingerprint density at radius 1 is 1.12 bits per heavy atom. The summed E-state index contributed by atoms with van der Waals surface area (Å²) in [6.45, 7) is -0.444. The summed E-state index contributed by atoms with van der Waals surface area (Å²) in [4.78, 5) is 36.7. The van der Waals surface area contributed by atoms with Crippen molar-refractivity contribution in [2.75, 3.05) is 11.9 Å². The standard InChI is InChI=1S/C18H14FNO4S/c19-12-7-5-11(6-8-12)14(21)10-24-17(22)9-16-18(23)20-13-3-1-2-4-15(13)25-16/h1-8,16H,9-10H2,(H,20,23)/t16-/m1/s1. The maximum atomic E-state index is 12.8. The van der Waals surface area contributed by atoms with Crippen molar-refractivity contribution in [3.8, 4) is 0 Å². The fourth-order valence-electron chi connectivity index (χ4n) is 2.30. The maximum Gasteiger partial charge on any atom is 0.307 e. The molecule has 0 fully saturated rings. The highest BCUT2D eigenvalue weighted by atomic mass is 32.2. The van der Waals surface area contributed by atoms with Crippen LogP contribution in [-0.2, 0) is 14.3 Å². The van der Waals surface area contributed by atoms with Crippen LogP contribution in [0.1, 0.15) is 16.8 Å². The second kappa shape index (κ2) is 7.48. The Labute approximate surface area is 147 Å². The smallest absolute Gasteiger partial charge is 0.307 e. The third-order valence-corrected chi connectivity index (χ3v) is 4.86. The lowest BCUT2D eigenvalue weighted by atomic mass is 10.1. The number of Topliss-reactive ketones (excluding diaryl/α,β-unsaturated/α-hetero) is 1. The Kier molecular flexibility index (Phi) is 5.14. The number of fused-ring (bicyclic) bond motifs is 1. The molecule has 0 aromatic heterocycles. The molecule has 0 spiro atoms. The van der Waals surface area contributed by atoms with Crippen LogP contribution < -0.4 is 5.32 Å². The lowest BCUT2D eigenvalue weighted by Crippen LogP contribution is -2.31. The quantitative estimate of drug-likeness (QED) is 0.656. The molecule has 1 aliphatic heterocycles. The van der Waals surface area contributed by atoms with E-state index in [0.29, 0.717) is 5.69 Å². The van der Waals surface area contributed by atoms with E-state index in [1.54, 1.807) is 6.07 Å². The fraction of sp³-hybridized carbons (Fsp3) is 0.167. The van der Waals surface area contributed by atoms with Crippen molar-refractivity contribution in [2.24, 2.45) is 0 Å². The lowest BCUT2D eigenvalue weighted by Gasteiger charge is -2.23.